The SMILES string of the molecule is CCCCCC/C=C\CCCCCCCCCC(=O)OCC(COP(=O)(O)OC1C(OC2OC(CO)C(O)C(O)C2O)C(O)C(O)C(O)C1OC1OC(COC(=O)CCCCCCCCCCCCCCCC)C(O)C(O)C1O)OC(=O)CCCCC/C=C\CCCCCCCC. The molecule has 0 bridgehead atoms. The number of allylic oxidation sites excluding steroid dienone is 4. The molecule has 2 saturated heterocycles. The van der Waals surface area contributed by atoms with E-state index in [-0.39, 0.29) is 19.3 Å². The Bertz CT molecular complexity index is 2110. The van der Waals surface area contributed by atoms with Gasteiger partial charge in [-0.2, -0.15) is 0 Å². The molecule has 2 heterocycles. The standard InChI is InChI=1S/C72H131O24P/c1-4-7-10-13-16-19-22-25-27-30-32-34-37-40-43-46-56(74)88-50-53(91-58(76)48-45-42-39-36-33-28-24-21-18-15-12-9-6-3)51-90-97(86,87)96-70-68(94-71-66(84)61(79)59(77)54(49-73)92-71)64(82)63(81)65(83)69(70)95-72-67(85)62(80)60(78)55(93-72)52-89-57(75)47-44-41-38-35-31-29-26-23-20-17-14-11-8-5-2/h19,22,28,33,53-55,59-73,77-85H,4-18,20-21,23-27,29-32,34-52H2,1-3H3,(H,86,87)/b22-19-,33-28-. The van der Waals surface area contributed by atoms with Gasteiger partial charge in [0.15, 0.2) is 18.7 Å². The number of rotatable bonds is 58. The second kappa shape index (κ2) is 54.1. The van der Waals surface area contributed by atoms with Gasteiger partial charge in [0, 0.05) is 19.3 Å². The third-order valence-corrected chi connectivity index (χ3v) is 19.4. The lowest BCUT2D eigenvalue weighted by atomic mass is 9.84. The highest BCUT2D eigenvalue weighted by Gasteiger charge is 2.58. The van der Waals surface area contributed by atoms with Crippen molar-refractivity contribution in [2.24, 2.45) is 0 Å². The van der Waals surface area contributed by atoms with Crippen LogP contribution in [-0.4, -0.2) is 204 Å². The van der Waals surface area contributed by atoms with Gasteiger partial charge in [0.25, 0.3) is 0 Å². The number of aliphatic hydroxyl groups is 10. The Morgan fingerprint density at radius 2 is 0.722 bits per heavy atom. The summed E-state index contributed by atoms with van der Waals surface area (Å²) < 4.78 is 65.0. The second-order valence-corrected chi connectivity index (χ2v) is 28.4. The molecule has 3 rings (SSSR count). The van der Waals surface area contributed by atoms with Crippen LogP contribution in [0.5, 0.6) is 0 Å². The summed E-state index contributed by atoms with van der Waals surface area (Å²) in [5.74, 6) is -2.01. The fourth-order valence-electron chi connectivity index (χ4n) is 12.3. The van der Waals surface area contributed by atoms with Gasteiger partial charge in [-0.05, 0) is 70.6 Å². The molecule has 3 fully saturated rings. The highest BCUT2D eigenvalue weighted by molar-refractivity contribution is 7.47. The van der Waals surface area contributed by atoms with Crippen molar-refractivity contribution >= 4 is 25.7 Å². The fourth-order valence-corrected chi connectivity index (χ4v) is 13.2. The van der Waals surface area contributed by atoms with E-state index >= 15 is 0 Å². The van der Waals surface area contributed by atoms with E-state index in [2.05, 4.69) is 45.1 Å². The number of carbonyl (C=O) groups is 3. The number of unbranched alkanes of at least 4 members (excludes halogenated alkanes) is 33. The quantitative estimate of drug-likeness (QED) is 0.00886. The van der Waals surface area contributed by atoms with E-state index in [1.54, 1.807) is 0 Å². The molecule has 568 valence electrons. The van der Waals surface area contributed by atoms with Crippen molar-refractivity contribution in [3.63, 3.8) is 0 Å². The second-order valence-electron chi connectivity index (χ2n) is 27.0. The molecule has 1 aliphatic carbocycles. The van der Waals surface area contributed by atoms with Crippen molar-refractivity contribution < 1.29 is 117 Å². The van der Waals surface area contributed by atoms with Crippen LogP contribution in [0.25, 0.3) is 0 Å². The zero-order valence-electron chi connectivity index (χ0n) is 59.1. The fraction of sp³-hybridized carbons (Fsp3) is 0.903. The van der Waals surface area contributed by atoms with Gasteiger partial charge in [0.1, 0.15) is 98.7 Å². The maximum absolute atomic E-state index is 14.3. The predicted molar refractivity (Wildman–Crippen MR) is 365 cm³/mol. The monoisotopic (exact) mass is 1410 g/mol. The molecule has 0 aromatic rings. The summed E-state index contributed by atoms with van der Waals surface area (Å²) in [5, 5.41) is 110. The van der Waals surface area contributed by atoms with Crippen LogP contribution in [-0.2, 0) is 61.2 Å². The molecule has 97 heavy (non-hydrogen) atoms. The summed E-state index contributed by atoms with van der Waals surface area (Å²) in [4.78, 5) is 51.0. The van der Waals surface area contributed by atoms with Crippen LogP contribution in [0.1, 0.15) is 284 Å². The van der Waals surface area contributed by atoms with Crippen molar-refractivity contribution in [3.05, 3.63) is 24.3 Å². The van der Waals surface area contributed by atoms with Gasteiger partial charge in [-0.3, -0.25) is 23.4 Å². The van der Waals surface area contributed by atoms with E-state index in [1.165, 1.54) is 109 Å². The van der Waals surface area contributed by atoms with Crippen LogP contribution in [0.15, 0.2) is 24.3 Å². The third kappa shape index (κ3) is 37.4. The molecule has 0 aromatic carbocycles. The van der Waals surface area contributed by atoms with E-state index < -0.39 is 156 Å². The lowest BCUT2D eigenvalue weighted by molar-refractivity contribution is -0.360. The number of ether oxygens (including phenoxy) is 7. The van der Waals surface area contributed by atoms with Gasteiger partial charge in [-0.25, -0.2) is 4.57 Å². The minimum absolute atomic E-state index is 0.0307. The molecule has 1 saturated carbocycles. The highest BCUT2D eigenvalue weighted by Crippen LogP contribution is 2.49. The Morgan fingerprint density at radius 1 is 0.392 bits per heavy atom. The van der Waals surface area contributed by atoms with E-state index in [4.69, 9.17) is 42.2 Å². The summed E-state index contributed by atoms with van der Waals surface area (Å²) in [6, 6.07) is 0. The first-order valence-corrected chi connectivity index (χ1v) is 39.1. The molecule has 24 nitrogen and oxygen atoms in total. The van der Waals surface area contributed by atoms with Crippen molar-refractivity contribution in [2.45, 2.75) is 388 Å². The largest absolute Gasteiger partial charge is 0.472 e. The number of phosphoric acid groups is 1. The van der Waals surface area contributed by atoms with Gasteiger partial charge in [-0.1, -0.05) is 218 Å². The maximum atomic E-state index is 14.3. The number of phosphoric ester groups is 1. The summed E-state index contributed by atoms with van der Waals surface area (Å²) in [6.45, 7) is 3.40. The molecule has 3 aliphatic rings. The zero-order chi connectivity index (χ0) is 71.1. The van der Waals surface area contributed by atoms with Crippen LogP contribution in [0, 0.1) is 0 Å². The van der Waals surface area contributed by atoms with E-state index in [0.717, 1.165) is 109 Å². The number of hydrogen-bond acceptors (Lipinski definition) is 23. The smallest absolute Gasteiger partial charge is 0.463 e. The molecule has 0 amide bonds. The molecular formula is C72H131O24P. The van der Waals surface area contributed by atoms with Crippen molar-refractivity contribution in [3.8, 4) is 0 Å². The van der Waals surface area contributed by atoms with Crippen molar-refractivity contribution in [1.29, 1.82) is 0 Å². The summed E-state index contributed by atoms with van der Waals surface area (Å²) >= 11 is 0. The average molecular weight is 1410 g/mol. The molecule has 25 heteroatoms. The Balaban J connectivity index is 1.74. The van der Waals surface area contributed by atoms with Gasteiger partial charge in [0.05, 0.1) is 13.2 Å². The van der Waals surface area contributed by atoms with Gasteiger partial charge in [-0.15, -0.1) is 0 Å². The summed E-state index contributed by atoms with van der Waals surface area (Å²) in [5.41, 5.74) is 0. The molecule has 0 spiro atoms. The van der Waals surface area contributed by atoms with Crippen LogP contribution in [0.2, 0.25) is 0 Å². The Morgan fingerprint density at radius 3 is 1.13 bits per heavy atom. The topological polar surface area (TPSA) is 374 Å². The van der Waals surface area contributed by atoms with E-state index in [0.29, 0.717) is 25.7 Å². The van der Waals surface area contributed by atoms with Crippen LogP contribution >= 0.6 is 7.82 Å². The first kappa shape index (κ1) is 88.7. The minimum Gasteiger partial charge on any atom is -0.463 e. The average Bonchev–Trinajstić information content (AvgIpc) is 0.763. The molecule has 11 N–H and O–H groups in total. The van der Waals surface area contributed by atoms with Crippen LogP contribution < -0.4 is 0 Å². The first-order valence-electron chi connectivity index (χ1n) is 37.6. The summed E-state index contributed by atoms with van der Waals surface area (Å²) in [6.07, 6.45) is 13.9. The van der Waals surface area contributed by atoms with E-state index in [1.807, 2.05) is 0 Å². The first-order chi connectivity index (χ1) is 46.8. The minimum atomic E-state index is -5.70. The maximum Gasteiger partial charge on any atom is 0.472 e. The third-order valence-electron chi connectivity index (χ3n) is 18.5. The summed E-state index contributed by atoms with van der Waals surface area (Å²) in [7, 11) is -5.70. The van der Waals surface area contributed by atoms with Crippen LogP contribution in [0.3, 0.4) is 0 Å². The number of aliphatic hydroxyl groups excluding tert-OH is 10. The Labute approximate surface area is 579 Å². The molecule has 0 radical (unpaired) electrons. The van der Waals surface area contributed by atoms with Gasteiger partial charge in [0.2, 0.25) is 0 Å². The van der Waals surface area contributed by atoms with E-state index in [9.17, 15) is 74.9 Å². The Hall–Kier alpha value is -2.56. The van der Waals surface area contributed by atoms with Crippen molar-refractivity contribution in [1.82, 2.24) is 0 Å². The molecule has 0 aromatic heterocycles. The van der Waals surface area contributed by atoms with Gasteiger partial charge >= 0.3 is 25.7 Å². The lowest BCUT2D eigenvalue weighted by Gasteiger charge is -2.49. The molecule has 18 unspecified atom stereocenters. The lowest BCUT2D eigenvalue weighted by Crippen LogP contribution is -2.69. The molecule has 18 atom stereocenters. The van der Waals surface area contributed by atoms with Crippen LogP contribution in [0.4, 0.5) is 0 Å². The number of carbonyl (C=O) groups excluding carboxylic acids is 3. The predicted octanol–water partition coefficient (Wildman–Crippen LogP) is 10.1. The number of esters is 3. The van der Waals surface area contributed by atoms with Crippen molar-refractivity contribution in [2.75, 3.05) is 26.4 Å². The van der Waals surface area contributed by atoms with Gasteiger partial charge < -0.3 is 89.1 Å². The normalized spacial score (nSPS) is 27.9. The highest BCUT2D eigenvalue weighted by atomic mass is 31.2. The number of hydrogen-bond donors (Lipinski definition) is 11. The molecule has 2 aliphatic heterocycles. The Kier molecular flexibility index (Phi) is 49.5. The molecular weight excluding hydrogens is 1280 g/mol. The zero-order valence-corrected chi connectivity index (χ0v) is 60.0.